The molecule has 1 N–H and O–H groups in total. The summed E-state index contributed by atoms with van der Waals surface area (Å²) in [4.78, 5) is 5.22. The van der Waals surface area contributed by atoms with Crippen LogP contribution in [-0.2, 0) is 0 Å². The fraction of sp³-hybridized carbons (Fsp3) is 1.00. The number of rotatable bonds is 6. The van der Waals surface area contributed by atoms with E-state index < -0.39 is 0 Å². The van der Waals surface area contributed by atoms with E-state index in [1.807, 2.05) is 0 Å². The normalized spacial score (nSPS) is 27.2. The third-order valence-corrected chi connectivity index (χ3v) is 4.48. The van der Waals surface area contributed by atoms with Crippen LogP contribution in [0.5, 0.6) is 0 Å². The lowest BCUT2D eigenvalue weighted by molar-refractivity contribution is 0.224. The number of nitrogens with zero attached hydrogens (tertiary/aromatic N) is 2. The quantitative estimate of drug-likeness (QED) is 0.730. The largest absolute Gasteiger partial charge is 0.313 e. The molecule has 0 spiro atoms. The summed E-state index contributed by atoms with van der Waals surface area (Å²) >= 11 is 0. The summed E-state index contributed by atoms with van der Waals surface area (Å²) in [5, 5.41) is 3.74. The molecule has 1 atom stereocenters. The van der Waals surface area contributed by atoms with Crippen molar-refractivity contribution in [1.82, 2.24) is 15.1 Å². The van der Waals surface area contributed by atoms with Crippen molar-refractivity contribution >= 4 is 0 Å². The highest BCUT2D eigenvalue weighted by atomic mass is 15.2. The molecule has 106 valence electrons. The number of hydrogen-bond acceptors (Lipinski definition) is 3. The predicted octanol–water partition coefficient (Wildman–Crippen LogP) is 1.93. The van der Waals surface area contributed by atoms with Crippen LogP contribution in [0.25, 0.3) is 0 Å². The molecule has 2 saturated heterocycles. The highest BCUT2D eigenvalue weighted by Crippen LogP contribution is 2.12. The van der Waals surface area contributed by atoms with Gasteiger partial charge in [0.2, 0.25) is 0 Å². The van der Waals surface area contributed by atoms with Crippen LogP contribution in [0.2, 0.25) is 0 Å². The minimum absolute atomic E-state index is 0.713. The van der Waals surface area contributed by atoms with Gasteiger partial charge in [-0.2, -0.15) is 0 Å². The number of hydrogen-bond donors (Lipinski definition) is 1. The summed E-state index contributed by atoms with van der Waals surface area (Å²) in [6.07, 6.45) is 6.93. The van der Waals surface area contributed by atoms with Gasteiger partial charge in [0.1, 0.15) is 0 Å². The van der Waals surface area contributed by atoms with Gasteiger partial charge in [0.05, 0.1) is 0 Å². The molecule has 2 heterocycles. The first kappa shape index (κ1) is 14.3. The maximum Gasteiger partial charge on any atom is 0.0207 e. The van der Waals surface area contributed by atoms with Crippen LogP contribution in [0.4, 0.5) is 0 Å². The lowest BCUT2D eigenvalue weighted by Gasteiger charge is -2.26. The zero-order valence-corrected chi connectivity index (χ0v) is 12.3. The molecule has 2 fully saturated rings. The van der Waals surface area contributed by atoms with Crippen molar-refractivity contribution < 1.29 is 0 Å². The minimum atomic E-state index is 0.713. The summed E-state index contributed by atoms with van der Waals surface area (Å²) < 4.78 is 0. The van der Waals surface area contributed by atoms with Crippen LogP contribution >= 0.6 is 0 Å². The summed E-state index contributed by atoms with van der Waals surface area (Å²) in [7, 11) is 0. The first-order chi connectivity index (χ1) is 8.75. The second kappa shape index (κ2) is 7.46. The molecule has 0 aromatic rings. The van der Waals surface area contributed by atoms with E-state index >= 15 is 0 Å². The second-order valence-electron chi connectivity index (χ2n) is 6.28. The van der Waals surface area contributed by atoms with Gasteiger partial charge < -0.3 is 10.2 Å². The van der Waals surface area contributed by atoms with Crippen LogP contribution in [0, 0.1) is 0 Å². The van der Waals surface area contributed by atoms with Crippen LogP contribution in [-0.4, -0.2) is 61.2 Å². The molecule has 2 aliphatic rings. The highest BCUT2D eigenvalue weighted by molar-refractivity contribution is 4.82. The molecule has 0 radical (unpaired) electrons. The fourth-order valence-corrected chi connectivity index (χ4v) is 3.21. The van der Waals surface area contributed by atoms with Gasteiger partial charge in [0, 0.05) is 18.6 Å². The smallest absolute Gasteiger partial charge is 0.0207 e. The Labute approximate surface area is 113 Å². The first-order valence-corrected chi connectivity index (χ1v) is 7.95. The third kappa shape index (κ3) is 4.52. The Hall–Kier alpha value is -0.120. The zero-order valence-electron chi connectivity index (χ0n) is 12.3. The minimum Gasteiger partial charge on any atom is -0.313 e. The van der Waals surface area contributed by atoms with Gasteiger partial charge in [-0.05, 0) is 72.3 Å². The predicted molar refractivity (Wildman–Crippen MR) is 78.0 cm³/mol. The third-order valence-electron chi connectivity index (χ3n) is 4.48. The molecular weight excluding hydrogens is 222 g/mol. The molecule has 0 bridgehead atoms. The average molecular weight is 253 g/mol. The van der Waals surface area contributed by atoms with Gasteiger partial charge >= 0.3 is 0 Å². The van der Waals surface area contributed by atoms with Gasteiger partial charge in [-0.25, -0.2) is 0 Å². The fourth-order valence-electron chi connectivity index (χ4n) is 3.21. The van der Waals surface area contributed by atoms with E-state index in [4.69, 9.17) is 0 Å². The van der Waals surface area contributed by atoms with Crippen molar-refractivity contribution in [1.29, 1.82) is 0 Å². The van der Waals surface area contributed by atoms with Crippen molar-refractivity contribution in [2.75, 3.05) is 39.3 Å². The zero-order chi connectivity index (χ0) is 12.8. The van der Waals surface area contributed by atoms with Crippen LogP contribution < -0.4 is 5.32 Å². The lowest BCUT2D eigenvalue weighted by Crippen LogP contribution is -2.37. The van der Waals surface area contributed by atoms with E-state index in [1.165, 1.54) is 71.4 Å². The molecule has 0 aromatic carbocycles. The van der Waals surface area contributed by atoms with Gasteiger partial charge in [-0.1, -0.05) is 6.42 Å². The standard InChI is InChI=1S/C15H31N3/c1-14(2)18-12-7-15(13-18)16-8-6-11-17-9-4-3-5-10-17/h14-16H,3-13H2,1-2H3. The molecule has 3 nitrogen and oxygen atoms in total. The summed E-state index contributed by atoms with van der Waals surface area (Å²) in [5.41, 5.74) is 0. The van der Waals surface area contributed by atoms with Crippen molar-refractivity contribution in [3.05, 3.63) is 0 Å². The van der Waals surface area contributed by atoms with Gasteiger partial charge in [0.25, 0.3) is 0 Å². The molecule has 0 amide bonds. The molecule has 2 rings (SSSR count). The Bertz CT molecular complexity index is 224. The maximum atomic E-state index is 3.74. The highest BCUT2D eigenvalue weighted by Gasteiger charge is 2.23. The topological polar surface area (TPSA) is 18.5 Å². The van der Waals surface area contributed by atoms with Crippen LogP contribution in [0.15, 0.2) is 0 Å². The summed E-state index contributed by atoms with van der Waals surface area (Å²) in [5.74, 6) is 0. The molecule has 1 unspecified atom stereocenters. The Kier molecular flexibility index (Phi) is 5.93. The molecular formula is C15H31N3. The van der Waals surface area contributed by atoms with Crippen molar-refractivity contribution in [3.63, 3.8) is 0 Å². The SMILES string of the molecule is CC(C)N1CCC(NCCCN2CCCCC2)C1. The molecule has 18 heavy (non-hydrogen) atoms. The number of piperidine rings is 1. The molecule has 0 aliphatic carbocycles. The van der Waals surface area contributed by atoms with Gasteiger partial charge in [-0.15, -0.1) is 0 Å². The Morgan fingerprint density at radius 2 is 1.89 bits per heavy atom. The molecule has 3 heteroatoms. The van der Waals surface area contributed by atoms with E-state index in [-0.39, 0.29) is 0 Å². The first-order valence-electron chi connectivity index (χ1n) is 7.95. The number of likely N-dealkylation sites (tertiary alicyclic amines) is 2. The van der Waals surface area contributed by atoms with Gasteiger partial charge in [0.15, 0.2) is 0 Å². The van der Waals surface area contributed by atoms with Crippen LogP contribution in [0.3, 0.4) is 0 Å². The van der Waals surface area contributed by atoms with E-state index in [9.17, 15) is 0 Å². The van der Waals surface area contributed by atoms with E-state index in [1.54, 1.807) is 0 Å². The Morgan fingerprint density at radius 3 is 2.56 bits per heavy atom. The van der Waals surface area contributed by atoms with Gasteiger partial charge in [-0.3, -0.25) is 4.90 Å². The average Bonchev–Trinajstić information content (AvgIpc) is 2.85. The van der Waals surface area contributed by atoms with Crippen molar-refractivity contribution in [2.24, 2.45) is 0 Å². The summed E-state index contributed by atoms with van der Waals surface area (Å²) in [6.45, 7) is 12.3. The van der Waals surface area contributed by atoms with Crippen LogP contribution in [0.1, 0.15) is 46.0 Å². The maximum absolute atomic E-state index is 3.74. The van der Waals surface area contributed by atoms with E-state index in [0.717, 1.165) is 6.04 Å². The molecule has 0 aromatic heterocycles. The molecule has 0 saturated carbocycles. The second-order valence-corrected chi connectivity index (χ2v) is 6.28. The summed E-state index contributed by atoms with van der Waals surface area (Å²) in [6, 6.07) is 1.46. The monoisotopic (exact) mass is 253 g/mol. The Morgan fingerprint density at radius 1 is 1.11 bits per heavy atom. The van der Waals surface area contributed by atoms with E-state index in [2.05, 4.69) is 29.0 Å². The molecule has 2 aliphatic heterocycles. The van der Waals surface area contributed by atoms with Crippen molar-refractivity contribution in [2.45, 2.75) is 58.0 Å². The van der Waals surface area contributed by atoms with E-state index in [0.29, 0.717) is 6.04 Å². The van der Waals surface area contributed by atoms with Crippen molar-refractivity contribution in [3.8, 4) is 0 Å². The number of nitrogens with one attached hydrogen (secondary N) is 1. The Balaban J connectivity index is 1.51. The lowest BCUT2D eigenvalue weighted by atomic mass is 10.1.